The van der Waals surface area contributed by atoms with Gasteiger partial charge in [0.15, 0.2) is 0 Å². The van der Waals surface area contributed by atoms with Gasteiger partial charge in [0.1, 0.15) is 11.5 Å². The van der Waals surface area contributed by atoms with Crippen molar-refractivity contribution in [2.75, 3.05) is 14.2 Å². The quantitative estimate of drug-likeness (QED) is 0.810. The van der Waals surface area contributed by atoms with Gasteiger partial charge in [0.2, 0.25) is 0 Å². The summed E-state index contributed by atoms with van der Waals surface area (Å²) in [6.07, 6.45) is 0. The van der Waals surface area contributed by atoms with Gasteiger partial charge >= 0.3 is 0 Å². The van der Waals surface area contributed by atoms with Crippen molar-refractivity contribution in [1.29, 1.82) is 0 Å². The molecule has 0 spiro atoms. The minimum absolute atomic E-state index is 0.904. The Morgan fingerprint density at radius 1 is 0.667 bits per heavy atom. The molecule has 0 fully saturated rings. The average molecular weight is 242 g/mol. The summed E-state index contributed by atoms with van der Waals surface area (Å²) < 4.78 is 11.0. The normalized spacial score (nSPS) is 10.2. The number of hydrogen-bond acceptors (Lipinski definition) is 2. The molecule has 2 nitrogen and oxygen atoms in total. The molecular formula is C16H18O2. The fourth-order valence-corrected chi connectivity index (χ4v) is 2.27. The van der Waals surface area contributed by atoms with Crippen molar-refractivity contribution in [1.82, 2.24) is 0 Å². The van der Waals surface area contributed by atoms with Crippen molar-refractivity contribution in [2.24, 2.45) is 0 Å². The second-order valence-corrected chi connectivity index (χ2v) is 4.31. The molecule has 2 heteroatoms. The van der Waals surface area contributed by atoms with E-state index in [1.165, 1.54) is 0 Å². The lowest BCUT2D eigenvalue weighted by molar-refractivity contribution is 0.407. The summed E-state index contributed by atoms with van der Waals surface area (Å²) in [5, 5.41) is 0. The molecular weight excluding hydrogens is 224 g/mol. The van der Waals surface area contributed by atoms with Crippen LogP contribution in [0.5, 0.6) is 11.5 Å². The first-order chi connectivity index (χ1) is 8.69. The summed E-state index contributed by atoms with van der Waals surface area (Å²) in [5.74, 6) is 1.81. The van der Waals surface area contributed by atoms with E-state index >= 15 is 0 Å². The maximum Gasteiger partial charge on any atom is 0.129 e. The van der Waals surface area contributed by atoms with Crippen LogP contribution in [-0.2, 0) is 0 Å². The number of hydrogen-bond donors (Lipinski definition) is 0. The lowest BCUT2D eigenvalue weighted by Gasteiger charge is -2.15. The Morgan fingerprint density at radius 3 is 1.39 bits per heavy atom. The summed E-state index contributed by atoms with van der Waals surface area (Å²) >= 11 is 0. The van der Waals surface area contributed by atoms with E-state index in [1.54, 1.807) is 14.2 Å². The number of aryl methyl sites for hydroxylation is 2. The molecule has 0 aliphatic carbocycles. The molecule has 0 aliphatic rings. The zero-order valence-electron chi connectivity index (χ0n) is 11.3. The highest BCUT2D eigenvalue weighted by Gasteiger charge is 2.13. The predicted octanol–water partition coefficient (Wildman–Crippen LogP) is 3.99. The van der Waals surface area contributed by atoms with Crippen LogP contribution >= 0.6 is 0 Å². The molecule has 0 saturated heterocycles. The van der Waals surface area contributed by atoms with Crippen molar-refractivity contribution >= 4 is 0 Å². The zero-order valence-corrected chi connectivity index (χ0v) is 11.3. The molecule has 2 aromatic rings. The van der Waals surface area contributed by atoms with Gasteiger partial charge in [-0.3, -0.25) is 0 Å². The topological polar surface area (TPSA) is 18.5 Å². The van der Waals surface area contributed by atoms with Gasteiger partial charge in [0, 0.05) is 11.1 Å². The molecule has 0 bridgehead atoms. The third kappa shape index (κ3) is 2.06. The molecule has 0 atom stereocenters. The first kappa shape index (κ1) is 12.5. The van der Waals surface area contributed by atoms with Gasteiger partial charge in [0.25, 0.3) is 0 Å². The van der Waals surface area contributed by atoms with E-state index < -0.39 is 0 Å². The summed E-state index contributed by atoms with van der Waals surface area (Å²) in [6.45, 7) is 4.09. The molecule has 2 aromatic carbocycles. The lowest BCUT2D eigenvalue weighted by Crippen LogP contribution is -1.95. The highest BCUT2D eigenvalue weighted by molar-refractivity contribution is 5.78. The molecule has 94 valence electrons. The third-order valence-electron chi connectivity index (χ3n) is 3.12. The van der Waals surface area contributed by atoms with Gasteiger partial charge in [-0.2, -0.15) is 0 Å². The number of benzene rings is 2. The fraction of sp³-hybridized carbons (Fsp3) is 0.250. The van der Waals surface area contributed by atoms with Crippen molar-refractivity contribution < 1.29 is 9.47 Å². The second-order valence-electron chi connectivity index (χ2n) is 4.31. The summed E-state index contributed by atoms with van der Waals surface area (Å²) in [6, 6.07) is 12.3. The van der Waals surface area contributed by atoms with E-state index in [-0.39, 0.29) is 0 Å². The molecule has 0 saturated carbocycles. The van der Waals surface area contributed by atoms with Crippen LogP contribution in [0.25, 0.3) is 11.1 Å². The summed E-state index contributed by atoms with van der Waals surface area (Å²) in [4.78, 5) is 0. The van der Waals surface area contributed by atoms with E-state index in [0.717, 1.165) is 33.8 Å². The van der Waals surface area contributed by atoms with Gasteiger partial charge in [-0.1, -0.05) is 36.4 Å². The van der Waals surface area contributed by atoms with E-state index in [2.05, 4.69) is 12.1 Å². The third-order valence-corrected chi connectivity index (χ3v) is 3.12. The van der Waals surface area contributed by atoms with Crippen LogP contribution < -0.4 is 9.47 Å². The molecule has 0 aromatic heterocycles. The smallest absolute Gasteiger partial charge is 0.129 e. The fourth-order valence-electron chi connectivity index (χ4n) is 2.27. The van der Waals surface area contributed by atoms with E-state index in [4.69, 9.17) is 9.47 Å². The Balaban J connectivity index is 2.69. The van der Waals surface area contributed by atoms with Crippen molar-refractivity contribution in [3.05, 3.63) is 47.5 Å². The van der Waals surface area contributed by atoms with Gasteiger partial charge in [-0.25, -0.2) is 0 Å². The van der Waals surface area contributed by atoms with Gasteiger partial charge in [0.05, 0.1) is 14.2 Å². The Morgan fingerprint density at radius 2 is 1.06 bits per heavy atom. The van der Waals surface area contributed by atoms with E-state index in [1.807, 2.05) is 38.1 Å². The zero-order chi connectivity index (χ0) is 13.1. The molecule has 0 N–H and O–H groups in total. The minimum Gasteiger partial charge on any atom is -0.496 e. The first-order valence-corrected chi connectivity index (χ1v) is 5.96. The maximum atomic E-state index is 5.51. The van der Waals surface area contributed by atoms with Gasteiger partial charge in [-0.05, 0) is 25.0 Å². The maximum absolute atomic E-state index is 5.51. The van der Waals surface area contributed by atoms with Crippen LogP contribution in [0.2, 0.25) is 0 Å². The predicted molar refractivity (Wildman–Crippen MR) is 74.5 cm³/mol. The van der Waals surface area contributed by atoms with Crippen LogP contribution in [-0.4, -0.2) is 14.2 Å². The highest BCUT2D eigenvalue weighted by atomic mass is 16.5. The monoisotopic (exact) mass is 242 g/mol. The molecule has 2 rings (SSSR count). The number of ether oxygens (including phenoxy) is 2. The van der Waals surface area contributed by atoms with Crippen LogP contribution in [0.3, 0.4) is 0 Å². The van der Waals surface area contributed by atoms with Crippen LogP contribution in [0.15, 0.2) is 36.4 Å². The average Bonchev–Trinajstić information content (AvgIpc) is 2.38. The standard InChI is InChI=1S/C16H18O2/c1-11-7-5-9-13(15(11)17-3)14-10-6-8-12(2)16(14)18-4/h5-10H,1-4H3. The first-order valence-electron chi connectivity index (χ1n) is 5.96. The molecule has 0 aliphatic heterocycles. The van der Waals surface area contributed by atoms with Crippen LogP contribution in [0, 0.1) is 13.8 Å². The number of methoxy groups -OCH3 is 2. The van der Waals surface area contributed by atoms with Crippen molar-refractivity contribution in [2.45, 2.75) is 13.8 Å². The Bertz CT molecular complexity index is 508. The number of para-hydroxylation sites is 2. The van der Waals surface area contributed by atoms with Gasteiger partial charge in [-0.15, -0.1) is 0 Å². The van der Waals surface area contributed by atoms with E-state index in [0.29, 0.717) is 0 Å². The molecule has 0 radical (unpaired) electrons. The van der Waals surface area contributed by atoms with Crippen molar-refractivity contribution in [3.8, 4) is 22.6 Å². The molecule has 0 unspecified atom stereocenters. The van der Waals surface area contributed by atoms with E-state index in [9.17, 15) is 0 Å². The Labute approximate surface area is 108 Å². The second kappa shape index (κ2) is 5.13. The SMILES string of the molecule is COc1c(C)cccc1-c1cccc(C)c1OC. The van der Waals surface area contributed by atoms with Gasteiger partial charge < -0.3 is 9.47 Å². The summed E-state index contributed by atoms with van der Waals surface area (Å²) in [5.41, 5.74) is 4.38. The molecule has 0 heterocycles. The summed E-state index contributed by atoms with van der Waals surface area (Å²) in [7, 11) is 3.40. The Kier molecular flexibility index (Phi) is 3.56. The largest absolute Gasteiger partial charge is 0.496 e. The lowest BCUT2D eigenvalue weighted by atomic mass is 9.99. The van der Waals surface area contributed by atoms with Crippen LogP contribution in [0.4, 0.5) is 0 Å². The Hall–Kier alpha value is -1.96. The van der Waals surface area contributed by atoms with Crippen molar-refractivity contribution in [3.63, 3.8) is 0 Å². The number of rotatable bonds is 3. The molecule has 0 amide bonds. The highest BCUT2D eigenvalue weighted by Crippen LogP contribution is 2.39. The minimum atomic E-state index is 0.904. The van der Waals surface area contributed by atoms with Crippen LogP contribution in [0.1, 0.15) is 11.1 Å². The molecule has 18 heavy (non-hydrogen) atoms.